The van der Waals surface area contributed by atoms with Crippen LogP contribution in [0.3, 0.4) is 0 Å². The number of rotatable bonds is 3. The average Bonchev–Trinajstić information content (AvgIpc) is 2.93. The molecule has 8 heteroatoms. The number of aromatic nitrogens is 2. The van der Waals surface area contributed by atoms with Crippen molar-refractivity contribution in [3.05, 3.63) is 41.6 Å². The van der Waals surface area contributed by atoms with E-state index in [0.717, 1.165) is 5.56 Å². The number of hydrogen-bond acceptors (Lipinski definition) is 4. The van der Waals surface area contributed by atoms with Crippen LogP contribution in [0.15, 0.2) is 35.5 Å². The Labute approximate surface area is 127 Å². The summed E-state index contributed by atoms with van der Waals surface area (Å²) in [6.45, 7) is 0.359. The number of anilines is 1. The Bertz CT molecular complexity index is 842. The molecule has 1 N–H and O–H groups in total. The van der Waals surface area contributed by atoms with Gasteiger partial charge in [0.1, 0.15) is 0 Å². The summed E-state index contributed by atoms with van der Waals surface area (Å²) in [5.41, 5.74) is 1.42. The zero-order chi connectivity index (χ0) is 15.9. The zero-order valence-corrected chi connectivity index (χ0v) is 12.7. The Kier molecular flexibility index (Phi) is 3.40. The predicted octanol–water partition coefficient (Wildman–Crippen LogP) is 1.26. The third-order valence-corrected chi connectivity index (χ3v) is 5.35. The first kappa shape index (κ1) is 14.6. The average molecular weight is 321 g/mol. The molecule has 1 aromatic carbocycles. The van der Waals surface area contributed by atoms with Crippen LogP contribution in [0.25, 0.3) is 0 Å². The van der Waals surface area contributed by atoms with Crippen molar-refractivity contribution in [1.82, 2.24) is 9.78 Å². The van der Waals surface area contributed by atoms with E-state index in [9.17, 15) is 13.2 Å². The first-order valence-electron chi connectivity index (χ1n) is 6.78. The molecule has 0 amide bonds. The van der Waals surface area contributed by atoms with E-state index in [-0.39, 0.29) is 10.6 Å². The molecule has 2 aromatic rings. The van der Waals surface area contributed by atoms with Crippen LogP contribution in [0.5, 0.6) is 0 Å². The van der Waals surface area contributed by atoms with Crippen molar-refractivity contribution in [3.63, 3.8) is 0 Å². The lowest BCUT2D eigenvalue weighted by atomic mass is 10.0. The van der Waals surface area contributed by atoms with Crippen molar-refractivity contribution >= 4 is 21.7 Å². The molecule has 0 spiro atoms. The predicted molar refractivity (Wildman–Crippen MR) is 79.5 cm³/mol. The van der Waals surface area contributed by atoms with Crippen LogP contribution in [0.2, 0.25) is 0 Å². The van der Waals surface area contributed by atoms with E-state index >= 15 is 0 Å². The maximum Gasteiger partial charge on any atom is 0.335 e. The van der Waals surface area contributed by atoms with E-state index in [0.29, 0.717) is 25.1 Å². The van der Waals surface area contributed by atoms with Gasteiger partial charge in [0.25, 0.3) is 10.0 Å². The molecule has 0 saturated heterocycles. The molecule has 0 atom stereocenters. The van der Waals surface area contributed by atoms with E-state index in [1.165, 1.54) is 27.2 Å². The van der Waals surface area contributed by atoms with Crippen molar-refractivity contribution in [2.45, 2.75) is 17.9 Å². The van der Waals surface area contributed by atoms with Crippen molar-refractivity contribution in [2.24, 2.45) is 7.05 Å². The maximum atomic E-state index is 12.7. The van der Waals surface area contributed by atoms with Gasteiger partial charge in [-0.2, -0.15) is 13.5 Å². The topological polar surface area (TPSA) is 92.5 Å². The van der Waals surface area contributed by atoms with Crippen molar-refractivity contribution in [2.75, 3.05) is 10.8 Å². The normalized spacial score (nSPS) is 14.7. The molecule has 1 aliphatic heterocycles. The lowest BCUT2D eigenvalue weighted by molar-refractivity contribution is 0.0696. The van der Waals surface area contributed by atoms with Crippen LogP contribution in [0.1, 0.15) is 22.3 Å². The smallest absolute Gasteiger partial charge is 0.335 e. The summed E-state index contributed by atoms with van der Waals surface area (Å²) in [6, 6.07) is 5.97. The van der Waals surface area contributed by atoms with Gasteiger partial charge in [-0.05, 0) is 42.7 Å². The van der Waals surface area contributed by atoms with E-state index < -0.39 is 16.0 Å². The molecule has 0 unspecified atom stereocenters. The number of nitrogens with zero attached hydrogens (tertiary/aromatic N) is 3. The Hall–Kier alpha value is -2.35. The molecule has 0 radical (unpaired) electrons. The standard InChI is InChI=1S/C14H15N3O4S/c1-16-8-6-13(15-16)22(20,21)17-7-2-3-10-9-11(14(18)19)4-5-12(10)17/h4-6,8-9H,2-3,7H2,1H3,(H,18,19). The van der Waals surface area contributed by atoms with Gasteiger partial charge in [0.2, 0.25) is 0 Å². The van der Waals surface area contributed by atoms with Gasteiger partial charge in [-0.3, -0.25) is 8.99 Å². The lowest BCUT2D eigenvalue weighted by Gasteiger charge is -2.29. The fraction of sp³-hybridized carbons (Fsp3) is 0.286. The molecule has 1 aliphatic rings. The number of aryl methyl sites for hydroxylation is 2. The van der Waals surface area contributed by atoms with Gasteiger partial charge in [-0.25, -0.2) is 4.79 Å². The minimum absolute atomic E-state index is 0.00911. The lowest BCUT2D eigenvalue weighted by Crippen LogP contribution is -2.35. The summed E-state index contributed by atoms with van der Waals surface area (Å²) < 4.78 is 28.2. The number of sulfonamides is 1. The SMILES string of the molecule is Cn1ccc(S(=O)(=O)N2CCCc3cc(C(=O)O)ccc32)n1. The van der Waals surface area contributed by atoms with Crippen molar-refractivity contribution in [3.8, 4) is 0 Å². The number of carbonyl (C=O) groups is 1. The second-order valence-electron chi connectivity index (χ2n) is 5.16. The molecule has 3 rings (SSSR count). The van der Waals surface area contributed by atoms with Gasteiger partial charge in [-0.15, -0.1) is 0 Å². The van der Waals surface area contributed by atoms with E-state index in [1.807, 2.05) is 0 Å². The van der Waals surface area contributed by atoms with Gasteiger partial charge >= 0.3 is 5.97 Å². The first-order valence-corrected chi connectivity index (χ1v) is 8.22. The van der Waals surface area contributed by atoms with Crippen LogP contribution in [0.4, 0.5) is 5.69 Å². The highest BCUT2D eigenvalue weighted by atomic mass is 32.2. The molecule has 116 valence electrons. The van der Waals surface area contributed by atoms with E-state index in [4.69, 9.17) is 5.11 Å². The van der Waals surface area contributed by atoms with Gasteiger partial charge in [-0.1, -0.05) is 0 Å². The number of benzene rings is 1. The molecule has 0 saturated carbocycles. The first-order chi connectivity index (χ1) is 10.4. The number of carboxylic acid groups (broad SMARTS) is 1. The van der Waals surface area contributed by atoms with Crippen LogP contribution >= 0.6 is 0 Å². The molecule has 22 heavy (non-hydrogen) atoms. The van der Waals surface area contributed by atoms with Crippen molar-refractivity contribution in [1.29, 1.82) is 0 Å². The Morgan fingerprint density at radius 1 is 1.32 bits per heavy atom. The minimum atomic E-state index is -3.73. The monoisotopic (exact) mass is 321 g/mol. The maximum absolute atomic E-state index is 12.7. The van der Waals surface area contributed by atoms with Crippen LogP contribution in [0, 0.1) is 0 Å². The van der Waals surface area contributed by atoms with Gasteiger partial charge in [0.15, 0.2) is 5.03 Å². The van der Waals surface area contributed by atoms with Gasteiger partial charge < -0.3 is 5.11 Å². The van der Waals surface area contributed by atoms with Crippen LogP contribution < -0.4 is 4.31 Å². The number of aromatic carboxylic acids is 1. The van der Waals surface area contributed by atoms with Gasteiger partial charge in [0, 0.05) is 19.8 Å². The number of hydrogen-bond donors (Lipinski definition) is 1. The molecule has 2 heterocycles. The summed E-state index contributed by atoms with van der Waals surface area (Å²) in [5.74, 6) is -1.02. The molecule has 0 bridgehead atoms. The second-order valence-corrected chi connectivity index (χ2v) is 6.97. The molecule has 1 aromatic heterocycles. The molecular formula is C14H15N3O4S. The zero-order valence-electron chi connectivity index (χ0n) is 11.9. The third kappa shape index (κ3) is 2.35. The number of carboxylic acids is 1. The highest BCUT2D eigenvalue weighted by Crippen LogP contribution is 2.32. The van der Waals surface area contributed by atoms with Crippen LogP contribution in [-0.2, 0) is 23.5 Å². The highest BCUT2D eigenvalue weighted by Gasteiger charge is 2.31. The molecule has 0 fully saturated rings. The molecular weight excluding hydrogens is 306 g/mol. The Morgan fingerprint density at radius 3 is 2.73 bits per heavy atom. The van der Waals surface area contributed by atoms with E-state index in [2.05, 4.69) is 5.10 Å². The van der Waals surface area contributed by atoms with E-state index in [1.54, 1.807) is 19.3 Å². The highest BCUT2D eigenvalue weighted by molar-refractivity contribution is 7.92. The Morgan fingerprint density at radius 2 is 2.09 bits per heavy atom. The van der Waals surface area contributed by atoms with Gasteiger partial charge in [0.05, 0.1) is 11.3 Å². The fourth-order valence-corrected chi connectivity index (χ4v) is 4.09. The van der Waals surface area contributed by atoms with Crippen molar-refractivity contribution < 1.29 is 18.3 Å². The third-order valence-electron chi connectivity index (χ3n) is 3.65. The summed E-state index contributed by atoms with van der Waals surface area (Å²) in [4.78, 5) is 11.0. The number of fused-ring (bicyclic) bond motifs is 1. The molecule has 0 aliphatic carbocycles. The summed E-state index contributed by atoms with van der Waals surface area (Å²) >= 11 is 0. The second kappa shape index (κ2) is 5.13. The fourth-order valence-electron chi connectivity index (χ4n) is 2.59. The quantitative estimate of drug-likeness (QED) is 0.918. The van der Waals surface area contributed by atoms with Crippen LogP contribution in [-0.4, -0.2) is 35.8 Å². The summed E-state index contributed by atoms with van der Waals surface area (Å²) in [6.07, 6.45) is 2.87. The Balaban J connectivity index is 2.07. The molecule has 7 nitrogen and oxygen atoms in total. The minimum Gasteiger partial charge on any atom is -0.478 e. The summed E-state index contributed by atoms with van der Waals surface area (Å²) in [7, 11) is -2.08. The summed E-state index contributed by atoms with van der Waals surface area (Å²) in [5, 5.41) is 13.0. The largest absolute Gasteiger partial charge is 0.478 e.